The van der Waals surface area contributed by atoms with Gasteiger partial charge in [0.1, 0.15) is 0 Å². The van der Waals surface area contributed by atoms with E-state index in [0.29, 0.717) is 0 Å². The van der Waals surface area contributed by atoms with Crippen LogP contribution in [0.1, 0.15) is 12.0 Å². The summed E-state index contributed by atoms with van der Waals surface area (Å²) < 4.78 is 0. The first kappa shape index (κ1) is 16.4. The normalized spacial score (nSPS) is 8.64. The molecule has 2 nitrogen and oxygen atoms in total. The van der Waals surface area contributed by atoms with Gasteiger partial charge < -0.3 is 5.32 Å². The number of hydrogen-bond acceptors (Lipinski definition) is 2. The van der Waals surface area contributed by atoms with Gasteiger partial charge in [-0.05, 0) is 30.7 Å². The average Bonchev–Trinajstić information content (AvgIpc) is 2.14. The van der Waals surface area contributed by atoms with Gasteiger partial charge in [0.25, 0.3) is 0 Å². The minimum atomic E-state index is 0. The van der Waals surface area contributed by atoms with Gasteiger partial charge in [-0.2, -0.15) is 0 Å². The minimum absolute atomic E-state index is 0. The van der Waals surface area contributed by atoms with Crippen molar-refractivity contribution in [2.24, 2.45) is 0 Å². The summed E-state index contributed by atoms with van der Waals surface area (Å²) in [4.78, 5) is 3.94. The highest BCUT2D eigenvalue weighted by Crippen LogP contribution is 1.94. The highest BCUT2D eigenvalue weighted by Gasteiger charge is 1.89. The van der Waals surface area contributed by atoms with E-state index in [1.165, 1.54) is 5.56 Å². The highest BCUT2D eigenvalue weighted by atomic mass is 35.5. The number of rotatable bonds is 5. The van der Waals surface area contributed by atoms with Crippen LogP contribution in [0.2, 0.25) is 0 Å². The Morgan fingerprint density at radius 2 is 1.86 bits per heavy atom. The van der Waals surface area contributed by atoms with Crippen LogP contribution in [0.5, 0.6) is 0 Å². The van der Waals surface area contributed by atoms with E-state index in [9.17, 15) is 0 Å². The first-order valence-electron chi connectivity index (χ1n) is 4.09. The molecule has 0 aliphatic rings. The molecule has 0 amide bonds. The molecule has 1 heterocycles. The molecule has 0 unspecified atom stereocenters. The molecule has 0 atom stereocenters. The molecule has 1 N–H and O–H groups in total. The fraction of sp³-hybridized carbons (Fsp3) is 0.444. The molecule has 0 aliphatic heterocycles. The van der Waals surface area contributed by atoms with Crippen LogP contribution >= 0.6 is 36.4 Å². The van der Waals surface area contributed by atoms with Gasteiger partial charge in [0.2, 0.25) is 0 Å². The first-order valence-corrected chi connectivity index (χ1v) is 4.62. The number of alkyl halides is 1. The van der Waals surface area contributed by atoms with Crippen LogP contribution in [0, 0.1) is 0 Å². The second-order valence-electron chi connectivity index (χ2n) is 2.57. The molecule has 1 aromatic heterocycles. The summed E-state index contributed by atoms with van der Waals surface area (Å²) in [7, 11) is 0. The molecule has 0 saturated carbocycles. The van der Waals surface area contributed by atoms with Crippen molar-refractivity contribution in [2.45, 2.75) is 13.0 Å². The largest absolute Gasteiger partial charge is 0.313 e. The molecule has 0 aromatic carbocycles. The Morgan fingerprint density at radius 3 is 2.43 bits per heavy atom. The summed E-state index contributed by atoms with van der Waals surface area (Å²) in [5, 5.41) is 3.29. The van der Waals surface area contributed by atoms with Crippen molar-refractivity contribution in [1.29, 1.82) is 0 Å². The SMILES string of the molecule is Cl.Cl.ClCCCNCc1ccncc1. The Hall–Kier alpha value is -0.0200. The third kappa shape index (κ3) is 7.39. The summed E-state index contributed by atoms with van der Waals surface area (Å²) in [6.07, 6.45) is 4.63. The Labute approximate surface area is 102 Å². The zero-order valence-electron chi connectivity index (χ0n) is 7.78. The van der Waals surface area contributed by atoms with Gasteiger partial charge in [0.05, 0.1) is 0 Å². The van der Waals surface area contributed by atoms with E-state index < -0.39 is 0 Å². The summed E-state index contributed by atoms with van der Waals surface area (Å²) in [5.41, 5.74) is 1.26. The van der Waals surface area contributed by atoms with E-state index in [0.717, 1.165) is 25.4 Å². The quantitative estimate of drug-likeness (QED) is 0.648. The Morgan fingerprint density at radius 1 is 1.21 bits per heavy atom. The molecule has 0 saturated heterocycles. The maximum absolute atomic E-state index is 5.53. The van der Waals surface area contributed by atoms with Gasteiger partial charge in [0, 0.05) is 24.8 Å². The lowest BCUT2D eigenvalue weighted by atomic mass is 10.3. The van der Waals surface area contributed by atoms with Gasteiger partial charge in [-0.15, -0.1) is 36.4 Å². The second-order valence-corrected chi connectivity index (χ2v) is 2.95. The van der Waals surface area contributed by atoms with E-state index in [-0.39, 0.29) is 24.8 Å². The maximum Gasteiger partial charge on any atom is 0.0271 e. The zero-order chi connectivity index (χ0) is 8.65. The predicted molar refractivity (Wildman–Crippen MR) is 65.8 cm³/mol. The van der Waals surface area contributed by atoms with Crippen molar-refractivity contribution < 1.29 is 0 Å². The van der Waals surface area contributed by atoms with Crippen LogP contribution in [0.4, 0.5) is 0 Å². The van der Waals surface area contributed by atoms with Gasteiger partial charge >= 0.3 is 0 Å². The fourth-order valence-electron chi connectivity index (χ4n) is 0.925. The number of nitrogens with zero attached hydrogens (tertiary/aromatic N) is 1. The summed E-state index contributed by atoms with van der Waals surface area (Å²) in [6.45, 7) is 1.88. The standard InChI is InChI=1S/C9H13ClN2.2ClH/c10-4-1-5-12-8-9-2-6-11-7-3-9;;/h2-3,6-7,12H,1,4-5,8H2;2*1H. The number of hydrogen-bond donors (Lipinski definition) is 1. The third-order valence-corrected chi connectivity index (χ3v) is 1.83. The van der Waals surface area contributed by atoms with Gasteiger partial charge in [-0.3, -0.25) is 4.98 Å². The van der Waals surface area contributed by atoms with Gasteiger partial charge in [0.15, 0.2) is 0 Å². The van der Waals surface area contributed by atoms with E-state index in [1.54, 1.807) is 12.4 Å². The Bertz CT molecular complexity index is 206. The fourth-order valence-corrected chi connectivity index (χ4v) is 1.06. The number of nitrogens with one attached hydrogen (secondary N) is 1. The molecule has 1 aromatic rings. The molecule has 82 valence electrons. The average molecular weight is 258 g/mol. The summed E-state index contributed by atoms with van der Waals surface area (Å²) in [5.74, 6) is 0.726. The van der Waals surface area contributed by atoms with E-state index in [1.807, 2.05) is 12.1 Å². The molecule has 0 fully saturated rings. The molecule has 5 heteroatoms. The number of aromatic nitrogens is 1. The molecule has 14 heavy (non-hydrogen) atoms. The highest BCUT2D eigenvalue weighted by molar-refractivity contribution is 6.17. The van der Waals surface area contributed by atoms with Crippen LogP contribution in [-0.2, 0) is 6.54 Å². The zero-order valence-corrected chi connectivity index (χ0v) is 10.2. The first-order chi connectivity index (χ1) is 5.93. The predicted octanol–water partition coefficient (Wildman–Crippen LogP) is 2.64. The lowest BCUT2D eigenvalue weighted by Crippen LogP contribution is -2.14. The van der Waals surface area contributed by atoms with E-state index >= 15 is 0 Å². The molecule has 0 bridgehead atoms. The van der Waals surface area contributed by atoms with Gasteiger partial charge in [-0.1, -0.05) is 0 Å². The Kier molecular flexibility index (Phi) is 13.0. The Balaban J connectivity index is 0. The smallest absolute Gasteiger partial charge is 0.0271 e. The van der Waals surface area contributed by atoms with E-state index in [4.69, 9.17) is 11.6 Å². The topological polar surface area (TPSA) is 24.9 Å². The van der Waals surface area contributed by atoms with Crippen LogP contribution in [-0.4, -0.2) is 17.4 Å². The van der Waals surface area contributed by atoms with Crippen molar-refractivity contribution in [1.82, 2.24) is 10.3 Å². The van der Waals surface area contributed by atoms with Crippen LogP contribution in [0.3, 0.4) is 0 Å². The molecular weight excluding hydrogens is 242 g/mol. The maximum atomic E-state index is 5.53. The molecule has 0 aliphatic carbocycles. The monoisotopic (exact) mass is 256 g/mol. The van der Waals surface area contributed by atoms with Crippen molar-refractivity contribution in [3.8, 4) is 0 Å². The van der Waals surface area contributed by atoms with Crippen LogP contribution in [0.15, 0.2) is 24.5 Å². The molecular formula is C9H15Cl3N2. The molecule has 1 rings (SSSR count). The summed E-state index contributed by atoms with van der Waals surface area (Å²) >= 11 is 5.53. The van der Waals surface area contributed by atoms with Crippen molar-refractivity contribution in [3.63, 3.8) is 0 Å². The number of pyridine rings is 1. The van der Waals surface area contributed by atoms with Gasteiger partial charge in [-0.25, -0.2) is 0 Å². The van der Waals surface area contributed by atoms with E-state index in [2.05, 4.69) is 10.3 Å². The minimum Gasteiger partial charge on any atom is -0.313 e. The van der Waals surface area contributed by atoms with Crippen molar-refractivity contribution in [2.75, 3.05) is 12.4 Å². The van der Waals surface area contributed by atoms with Crippen LogP contribution in [0.25, 0.3) is 0 Å². The van der Waals surface area contributed by atoms with Crippen molar-refractivity contribution in [3.05, 3.63) is 30.1 Å². The lowest BCUT2D eigenvalue weighted by Gasteiger charge is -2.01. The van der Waals surface area contributed by atoms with Crippen LogP contribution < -0.4 is 5.32 Å². The number of halogens is 3. The molecule has 0 spiro atoms. The lowest BCUT2D eigenvalue weighted by molar-refractivity contribution is 0.677. The third-order valence-electron chi connectivity index (χ3n) is 1.57. The summed E-state index contributed by atoms with van der Waals surface area (Å²) in [6, 6.07) is 4.02. The molecule has 0 radical (unpaired) electrons. The van der Waals surface area contributed by atoms with Crippen molar-refractivity contribution >= 4 is 36.4 Å². The second kappa shape index (κ2) is 11.1.